The molecule has 0 amide bonds. The van der Waals surface area contributed by atoms with Crippen molar-refractivity contribution in [3.63, 3.8) is 0 Å². The summed E-state index contributed by atoms with van der Waals surface area (Å²) in [6.45, 7) is 0. The van der Waals surface area contributed by atoms with Gasteiger partial charge in [-0.2, -0.15) is 0 Å². The molecule has 0 N–H and O–H groups in total. The van der Waals surface area contributed by atoms with Gasteiger partial charge in [0.15, 0.2) is 0 Å². The first-order valence-electron chi connectivity index (χ1n) is 0.856. The number of rotatable bonds is 0. The van der Waals surface area contributed by atoms with Crippen molar-refractivity contribution in [2.45, 2.75) is 0 Å². The van der Waals surface area contributed by atoms with Crippen LogP contribution in [-0.4, -0.2) is 8.74 Å². The molecule has 5 heteroatoms. The Kier molecular flexibility index (Phi) is 1.38. The molecule has 0 spiro atoms. The van der Waals surface area contributed by atoms with E-state index in [9.17, 15) is 12.3 Å². The molecule has 0 saturated carbocycles. The van der Waals surface area contributed by atoms with Gasteiger partial charge < -0.3 is 0 Å². The molecule has 0 rings (SSSR count). The molecule has 0 heterocycles. The predicted molar refractivity (Wildman–Crippen MR) is 18.8 cm³/mol. The Morgan fingerprint density at radius 3 is 1.20 bits per heavy atom. The highest BCUT2D eigenvalue weighted by Gasteiger charge is 2.27. The van der Waals surface area contributed by atoms with Gasteiger partial charge in [0, 0.05) is 0 Å². The molecular weight excluding hydrogens is 116 g/mol. The SMILES string of the molecule is F[Si](F)(F)P. The third-order valence-corrected chi connectivity index (χ3v) is 0. The van der Waals surface area contributed by atoms with E-state index in [-0.39, 0.29) is 0 Å². The first-order valence-corrected chi connectivity index (χ1v) is 4.30. The van der Waals surface area contributed by atoms with E-state index >= 15 is 0 Å². The Hall–Kier alpha value is 0.437. The van der Waals surface area contributed by atoms with Crippen LogP contribution in [0, 0.1) is 0 Å². The van der Waals surface area contributed by atoms with E-state index in [0.29, 0.717) is 0 Å². The summed E-state index contributed by atoms with van der Waals surface area (Å²) in [6.07, 6.45) is 0. The van der Waals surface area contributed by atoms with Crippen LogP contribution < -0.4 is 0 Å². The zero-order chi connectivity index (χ0) is 4.50. The third-order valence-electron chi connectivity index (χ3n) is 0. The minimum absolute atomic E-state index is 0.854. The van der Waals surface area contributed by atoms with Crippen LogP contribution in [0.2, 0.25) is 0 Å². The van der Waals surface area contributed by atoms with Gasteiger partial charge in [-0.25, -0.2) is 12.3 Å². The fraction of sp³-hybridized carbons (Fsp3) is 0. The molecule has 1 atom stereocenters. The molecule has 5 heavy (non-hydrogen) atoms. The van der Waals surface area contributed by atoms with Crippen molar-refractivity contribution in [3.8, 4) is 0 Å². The summed E-state index contributed by atoms with van der Waals surface area (Å²) in [4.78, 5) is 0. The van der Waals surface area contributed by atoms with Gasteiger partial charge in [-0.15, -0.1) is 0 Å². The highest BCUT2D eigenvalue weighted by molar-refractivity contribution is 7.63. The molecule has 1 unspecified atom stereocenters. The molecular formula is H2F3PSi. The van der Waals surface area contributed by atoms with E-state index in [1.54, 1.807) is 0 Å². The van der Waals surface area contributed by atoms with Crippen LogP contribution in [0.5, 0.6) is 0 Å². The lowest BCUT2D eigenvalue weighted by Crippen LogP contribution is -1.98. The number of halogens is 3. The second-order valence-electron chi connectivity index (χ2n) is 0.542. The molecule has 0 aromatic carbocycles. The molecule has 0 aromatic rings. The average molecular weight is 118 g/mol. The Bertz CT molecular complexity index is 22.4. The fourth-order valence-corrected chi connectivity index (χ4v) is 0. The van der Waals surface area contributed by atoms with Crippen molar-refractivity contribution in [1.29, 1.82) is 0 Å². The Labute approximate surface area is 31.0 Å². The molecule has 0 aliphatic carbocycles. The van der Waals surface area contributed by atoms with Gasteiger partial charge in [0.25, 0.3) is 0 Å². The zero-order valence-corrected chi connectivity index (χ0v) is 4.37. The first kappa shape index (κ1) is 5.44. The van der Waals surface area contributed by atoms with Crippen molar-refractivity contribution in [2.24, 2.45) is 0 Å². The molecule has 32 valence electrons. The maximum atomic E-state index is 10.5. The lowest BCUT2D eigenvalue weighted by Gasteiger charge is -1.82. The molecule has 0 radical (unpaired) electrons. The van der Waals surface area contributed by atoms with E-state index in [4.69, 9.17) is 0 Å². The normalized spacial score (nSPS) is 12.0. The maximum absolute atomic E-state index is 10.5. The molecule has 0 bridgehead atoms. The predicted octanol–water partition coefficient (Wildman–Crippen LogP) is 1.21. The quantitative estimate of drug-likeness (QED) is 0.255. The number of hydrogen-bond acceptors (Lipinski definition) is 0. The second kappa shape index (κ2) is 1.26. The van der Waals surface area contributed by atoms with Crippen molar-refractivity contribution >= 4 is 17.5 Å². The van der Waals surface area contributed by atoms with Crippen LogP contribution in [-0.2, 0) is 0 Å². The van der Waals surface area contributed by atoms with Crippen LogP contribution in [0.1, 0.15) is 0 Å². The summed E-state index contributed by atoms with van der Waals surface area (Å²) in [7, 11) is -4.34. The van der Waals surface area contributed by atoms with Crippen LogP contribution in [0.3, 0.4) is 0 Å². The standard InChI is InChI=1S/F3H2PSi/c1-5(2,3)4/h4H2. The lowest BCUT2D eigenvalue weighted by molar-refractivity contribution is 0.519. The summed E-state index contributed by atoms with van der Waals surface area (Å²) >= 11 is 0. The summed E-state index contributed by atoms with van der Waals surface area (Å²) < 4.78 is 31.4. The minimum Gasteiger partial charge on any atom is -0.235 e. The number of hydrogen-bond donors (Lipinski definition) is 0. The molecule has 0 aliphatic rings. The summed E-state index contributed by atoms with van der Waals surface area (Å²) in [5, 5.41) is 0. The van der Waals surface area contributed by atoms with E-state index < -0.39 is 8.74 Å². The van der Waals surface area contributed by atoms with Gasteiger partial charge in [-0.1, -0.05) is 0 Å². The smallest absolute Gasteiger partial charge is 0.235 e. The van der Waals surface area contributed by atoms with Gasteiger partial charge in [-0.3, -0.25) is 0 Å². The summed E-state index contributed by atoms with van der Waals surface area (Å²) in [5.74, 6) is 0. The van der Waals surface area contributed by atoms with E-state index in [0.717, 1.165) is 8.79 Å². The zero-order valence-electron chi connectivity index (χ0n) is 2.21. The van der Waals surface area contributed by atoms with Crippen molar-refractivity contribution in [1.82, 2.24) is 0 Å². The van der Waals surface area contributed by atoms with Crippen LogP contribution >= 0.6 is 8.79 Å². The lowest BCUT2D eigenvalue weighted by atomic mass is 18.7. The van der Waals surface area contributed by atoms with Crippen LogP contribution in [0.4, 0.5) is 12.3 Å². The molecule has 0 fully saturated rings. The van der Waals surface area contributed by atoms with Crippen LogP contribution in [0.25, 0.3) is 0 Å². The van der Waals surface area contributed by atoms with Gasteiger partial charge in [0.2, 0.25) is 0 Å². The van der Waals surface area contributed by atoms with Crippen LogP contribution in [0.15, 0.2) is 0 Å². The van der Waals surface area contributed by atoms with Gasteiger partial charge >= 0.3 is 8.74 Å². The van der Waals surface area contributed by atoms with Crippen molar-refractivity contribution < 1.29 is 12.3 Å². The van der Waals surface area contributed by atoms with E-state index in [1.807, 2.05) is 0 Å². The Balaban J connectivity index is 3.02. The fourth-order valence-electron chi connectivity index (χ4n) is 0. The van der Waals surface area contributed by atoms with Gasteiger partial charge in [-0.05, 0) is 8.79 Å². The maximum Gasteiger partial charge on any atom is 0.634 e. The Morgan fingerprint density at radius 2 is 1.20 bits per heavy atom. The molecule has 0 aliphatic heterocycles. The van der Waals surface area contributed by atoms with Gasteiger partial charge in [0.05, 0.1) is 0 Å². The van der Waals surface area contributed by atoms with Crippen molar-refractivity contribution in [3.05, 3.63) is 0 Å². The molecule has 0 nitrogen and oxygen atoms in total. The second-order valence-corrected chi connectivity index (χ2v) is 3.59. The molecule has 0 aromatic heterocycles. The summed E-state index contributed by atoms with van der Waals surface area (Å²) in [5.41, 5.74) is 0. The monoisotopic (exact) mass is 118 g/mol. The summed E-state index contributed by atoms with van der Waals surface area (Å²) in [6, 6.07) is 0. The average Bonchev–Trinajstić information content (AvgIpc) is 0.722. The first-order chi connectivity index (χ1) is 2.00. The highest BCUT2D eigenvalue weighted by atomic mass is 31.3. The highest BCUT2D eigenvalue weighted by Crippen LogP contribution is 2.14. The van der Waals surface area contributed by atoms with Crippen molar-refractivity contribution in [2.75, 3.05) is 0 Å². The van der Waals surface area contributed by atoms with E-state index in [1.165, 1.54) is 0 Å². The third kappa shape index (κ3) is 138. The topological polar surface area (TPSA) is 0 Å². The minimum atomic E-state index is -5.19. The Morgan fingerprint density at radius 1 is 1.20 bits per heavy atom. The van der Waals surface area contributed by atoms with Gasteiger partial charge in [0.1, 0.15) is 0 Å². The molecule has 0 saturated heterocycles. The largest absolute Gasteiger partial charge is 0.634 e. The van der Waals surface area contributed by atoms with E-state index in [2.05, 4.69) is 0 Å².